The second kappa shape index (κ2) is 5.14. The molecule has 2 aromatic heterocycles. The van der Waals surface area contributed by atoms with Gasteiger partial charge in [0, 0.05) is 10.3 Å². The van der Waals surface area contributed by atoms with E-state index >= 15 is 0 Å². The first-order valence-corrected chi connectivity index (χ1v) is 7.22. The zero-order valence-corrected chi connectivity index (χ0v) is 11.7. The molecule has 2 rings (SSSR count). The zero-order valence-electron chi connectivity index (χ0n) is 10.1. The van der Waals surface area contributed by atoms with Crippen molar-refractivity contribution in [3.63, 3.8) is 0 Å². The SMILES string of the molecule is CCc1cc2c(S[C@H](C)C(C)=O)ncnc2s1. The van der Waals surface area contributed by atoms with E-state index in [0.29, 0.717) is 0 Å². The molecule has 0 aliphatic heterocycles. The number of aryl methyl sites for hydroxylation is 1. The summed E-state index contributed by atoms with van der Waals surface area (Å²) < 4.78 is 0. The molecule has 0 spiro atoms. The van der Waals surface area contributed by atoms with Gasteiger partial charge in [-0.2, -0.15) is 0 Å². The van der Waals surface area contributed by atoms with E-state index in [2.05, 4.69) is 23.0 Å². The van der Waals surface area contributed by atoms with Gasteiger partial charge in [0.2, 0.25) is 0 Å². The largest absolute Gasteiger partial charge is 0.299 e. The molecular formula is C12H14N2OS2. The van der Waals surface area contributed by atoms with Crippen molar-refractivity contribution in [2.75, 3.05) is 0 Å². The molecule has 5 heteroatoms. The minimum atomic E-state index is -0.0573. The summed E-state index contributed by atoms with van der Waals surface area (Å²) in [5, 5.41) is 1.93. The molecule has 0 bridgehead atoms. The summed E-state index contributed by atoms with van der Waals surface area (Å²) in [7, 11) is 0. The van der Waals surface area contributed by atoms with Crippen molar-refractivity contribution in [2.45, 2.75) is 37.5 Å². The van der Waals surface area contributed by atoms with Crippen molar-refractivity contribution in [3.05, 3.63) is 17.3 Å². The highest BCUT2D eigenvalue weighted by Crippen LogP contribution is 2.32. The average molecular weight is 266 g/mol. The van der Waals surface area contributed by atoms with Gasteiger partial charge in [0.1, 0.15) is 22.0 Å². The fraction of sp³-hybridized carbons (Fsp3) is 0.417. The molecule has 0 radical (unpaired) electrons. The van der Waals surface area contributed by atoms with Crippen molar-refractivity contribution in [1.82, 2.24) is 9.97 Å². The summed E-state index contributed by atoms with van der Waals surface area (Å²) in [6.45, 7) is 5.65. The Kier molecular flexibility index (Phi) is 3.79. The Balaban J connectivity index is 2.39. The molecule has 0 aromatic carbocycles. The van der Waals surface area contributed by atoms with E-state index < -0.39 is 0 Å². The van der Waals surface area contributed by atoms with Crippen LogP contribution in [0.1, 0.15) is 25.6 Å². The average Bonchev–Trinajstić information content (AvgIpc) is 2.72. The molecule has 0 unspecified atom stereocenters. The third-order valence-corrected chi connectivity index (χ3v) is 4.97. The number of hydrogen-bond acceptors (Lipinski definition) is 5. The normalized spacial score (nSPS) is 12.9. The van der Waals surface area contributed by atoms with E-state index in [1.807, 2.05) is 6.92 Å². The van der Waals surface area contributed by atoms with Gasteiger partial charge in [-0.3, -0.25) is 4.79 Å². The molecule has 0 saturated heterocycles. The molecule has 90 valence electrons. The van der Waals surface area contributed by atoms with Crippen LogP contribution in [0.3, 0.4) is 0 Å². The highest BCUT2D eigenvalue weighted by molar-refractivity contribution is 8.00. The van der Waals surface area contributed by atoms with Gasteiger partial charge < -0.3 is 0 Å². The smallest absolute Gasteiger partial charge is 0.142 e. The fourth-order valence-electron chi connectivity index (χ4n) is 1.40. The molecule has 2 aromatic rings. The van der Waals surface area contributed by atoms with Crippen molar-refractivity contribution >= 4 is 39.1 Å². The van der Waals surface area contributed by atoms with E-state index in [1.165, 1.54) is 16.6 Å². The predicted octanol–water partition coefficient (Wildman–Crippen LogP) is 3.32. The van der Waals surface area contributed by atoms with Crippen LogP contribution < -0.4 is 0 Å². The Morgan fingerprint density at radius 2 is 2.29 bits per heavy atom. The maximum absolute atomic E-state index is 11.3. The predicted molar refractivity (Wildman–Crippen MR) is 72.8 cm³/mol. The Bertz CT molecular complexity index is 550. The third-order valence-electron chi connectivity index (χ3n) is 2.55. The van der Waals surface area contributed by atoms with E-state index in [-0.39, 0.29) is 11.0 Å². The number of fused-ring (bicyclic) bond motifs is 1. The zero-order chi connectivity index (χ0) is 12.4. The van der Waals surface area contributed by atoms with E-state index in [9.17, 15) is 4.79 Å². The van der Waals surface area contributed by atoms with E-state index in [0.717, 1.165) is 21.7 Å². The fourth-order valence-corrected chi connectivity index (χ4v) is 3.29. The van der Waals surface area contributed by atoms with Crippen LogP contribution in [-0.4, -0.2) is 21.0 Å². The second-order valence-electron chi connectivity index (χ2n) is 3.83. The maximum atomic E-state index is 11.3. The van der Waals surface area contributed by atoms with Crippen LogP contribution in [0.2, 0.25) is 0 Å². The van der Waals surface area contributed by atoms with Gasteiger partial charge in [0.25, 0.3) is 0 Å². The van der Waals surface area contributed by atoms with Crippen LogP contribution in [-0.2, 0) is 11.2 Å². The first kappa shape index (κ1) is 12.5. The standard InChI is InChI=1S/C12H14N2OS2/c1-4-9-5-10-11(16-8(3)7(2)15)13-6-14-12(10)17-9/h5-6,8H,4H2,1-3H3/t8-/m1/s1. The number of nitrogens with zero attached hydrogens (tertiary/aromatic N) is 2. The van der Waals surface area contributed by atoms with Crippen LogP contribution in [0.25, 0.3) is 10.2 Å². The summed E-state index contributed by atoms with van der Waals surface area (Å²) in [4.78, 5) is 22.2. The number of thiophene rings is 1. The topological polar surface area (TPSA) is 42.9 Å². The lowest BCUT2D eigenvalue weighted by atomic mass is 10.3. The first-order valence-electron chi connectivity index (χ1n) is 5.52. The van der Waals surface area contributed by atoms with Gasteiger partial charge in [0.05, 0.1) is 5.25 Å². The summed E-state index contributed by atoms with van der Waals surface area (Å²) >= 11 is 3.21. The number of carbonyl (C=O) groups excluding carboxylic acids is 1. The summed E-state index contributed by atoms with van der Waals surface area (Å²) in [6, 6.07) is 2.13. The van der Waals surface area contributed by atoms with Gasteiger partial charge in [0.15, 0.2) is 0 Å². The lowest BCUT2D eigenvalue weighted by Crippen LogP contribution is -2.08. The molecule has 0 N–H and O–H groups in total. The highest BCUT2D eigenvalue weighted by Gasteiger charge is 2.14. The Morgan fingerprint density at radius 3 is 2.94 bits per heavy atom. The lowest BCUT2D eigenvalue weighted by molar-refractivity contribution is -0.116. The quantitative estimate of drug-likeness (QED) is 0.629. The summed E-state index contributed by atoms with van der Waals surface area (Å²) in [5.74, 6) is 0.174. The second-order valence-corrected chi connectivity index (χ2v) is 6.28. The van der Waals surface area contributed by atoms with E-state index in [1.54, 1.807) is 24.6 Å². The van der Waals surface area contributed by atoms with Crippen LogP contribution in [0.15, 0.2) is 17.4 Å². The molecule has 3 nitrogen and oxygen atoms in total. The van der Waals surface area contributed by atoms with Crippen LogP contribution >= 0.6 is 23.1 Å². The molecule has 2 heterocycles. The molecule has 1 atom stereocenters. The van der Waals surface area contributed by atoms with Crippen molar-refractivity contribution < 1.29 is 4.79 Å². The molecule has 0 fully saturated rings. The van der Waals surface area contributed by atoms with Gasteiger partial charge in [-0.25, -0.2) is 9.97 Å². The monoisotopic (exact) mass is 266 g/mol. The lowest BCUT2D eigenvalue weighted by Gasteiger charge is -2.06. The first-order chi connectivity index (χ1) is 8.11. The number of carbonyl (C=O) groups is 1. The van der Waals surface area contributed by atoms with Gasteiger partial charge in [-0.15, -0.1) is 11.3 Å². The molecule has 17 heavy (non-hydrogen) atoms. The van der Waals surface area contributed by atoms with Gasteiger partial charge in [-0.1, -0.05) is 18.7 Å². The number of ketones is 1. The number of aromatic nitrogens is 2. The third kappa shape index (κ3) is 2.66. The Hall–Kier alpha value is -0.940. The minimum absolute atomic E-state index is 0.0573. The molecular weight excluding hydrogens is 252 g/mol. The maximum Gasteiger partial charge on any atom is 0.142 e. The Labute approximate surface area is 109 Å². The van der Waals surface area contributed by atoms with E-state index in [4.69, 9.17) is 0 Å². The number of rotatable bonds is 4. The van der Waals surface area contributed by atoms with Gasteiger partial charge in [-0.05, 0) is 26.3 Å². The van der Waals surface area contributed by atoms with Crippen molar-refractivity contribution in [2.24, 2.45) is 0 Å². The van der Waals surface area contributed by atoms with Crippen LogP contribution in [0, 0.1) is 0 Å². The summed E-state index contributed by atoms with van der Waals surface area (Å²) in [6.07, 6.45) is 2.58. The number of thioether (sulfide) groups is 1. The van der Waals surface area contributed by atoms with Gasteiger partial charge >= 0.3 is 0 Å². The Morgan fingerprint density at radius 1 is 1.53 bits per heavy atom. The molecule has 0 aliphatic rings. The molecule has 0 aliphatic carbocycles. The van der Waals surface area contributed by atoms with Crippen molar-refractivity contribution in [3.8, 4) is 0 Å². The number of hydrogen-bond donors (Lipinski definition) is 0. The molecule has 0 amide bonds. The van der Waals surface area contributed by atoms with Crippen LogP contribution in [0.5, 0.6) is 0 Å². The van der Waals surface area contributed by atoms with Crippen molar-refractivity contribution in [1.29, 1.82) is 0 Å². The molecule has 0 saturated carbocycles. The minimum Gasteiger partial charge on any atom is -0.299 e. The van der Waals surface area contributed by atoms with Crippen LogP contribution in [0.4, 0.5) is 0 Å². The number of Topliss-reactive ketones (excluding diaryl/α,β-unsaturated/α-hetero) is 1. The summed E-state index contributed by atoms with van der Waals surface area (Å²) in [5.41, 5.74) is 0. The highest BCUT2D eigenvalue weighted by atomic mass is 32.2.